The lowest BCUT2D eigenvalue weighted by molar-refractivity contribution is -0.139. The van der Waals surface area contributed by atoms with Gasteiger partial charge >= 0.3 is 0 Å². The van der Waals surface area contributed by atoms with Crippen LogP contribution in [0.4, 0.5) is 21.6 Å². The number of nitrogens with one attached hydrogen (secondary N) is 3. The van der Waals surface area contributed by atoms with Crippen molar-refractivity contribution in [2.45, 2.75) is 121 Å². The van der Waals surface area contributed by atoms with Gasteiger partial charge in [0.1, 0.15) is 18.0 Å². The van der Waals surface area contributed by atoms with Gasteiger partial charge in [-0.25, -0.2) is 4.39 Å². The highest BCUT2D eigenvalue weighted by Crippen LogP contribution is 2.37. The molecule has 2 bridgehead atoms. The van der Waals surface area contributed by atoms with E-state index in [0.717, 1.165) is 64.3 Å². The van der Waals surface area contributed by atoms with E-state index in [1.54, 1.807) is 54.3 Å². The summed E-state index contributed by atoms with van der Waals surface area (Å²) in [7, 11) is 0. The fourth-order valence-electron chi connectivity index (χ4n) is 11.4. The maximum atomic E-state index is 14.2. The Labute approximate surface area is 449 Å². The third kappa shape index (κ3) is 11.8. The highest BCUT2D eigenvalue weighted by molar-refractivity contribution is 6.36. The summed E-state index contributed by atoms with van der Waals surface area (Å²) in [6.45, 7) is 10.4. The van der Waals surface area contributed by atoms with E-state index in [-0.39, 0.29) is 93.9 Å². The molecule has 0 radical (unpaired) electrons. The second-order valence-corrected chi connectivity index (χ2v) is 21.2. The number of hydrogen-bond donors (Lipinski definition) is 4. The van der Waals surface area contributed by atoms with E-state index in [9.17, 15) is 38.0 Å². The number of aromatic nitrogens is 2. The van der Waals surface area contributed by atoms with Crippen molar-refractivity contribution >= 4 is 81.7 Å². The number of carbonyl (C=O) groups is 7. The lowest BCUT2D eigenvalue weighted by atomic mass is 10.0. The third-order valence-electron chi connectivity index (χ3n) is 15.2. The molecule has 7 amide bonds. The van der Waals surface area contributed by atoms with Gasteiger partial charge in [-0.2, -0.15) is 0 Å². The van der Waals surface area contributed by atoms with Crippen LogP contribution in [0.2, 0.25) is 10.0 Å². The number of likely N-dealkylation sites (tertiary alicyclic amines) is 2. The number of carbonyl (C=O) groups excluding carboxylic acids is 7. The lowest BCUT2D eigenvalue weighted by Crippen LogP contribution is -2.59. The zero-order chi connectivity index (χ0) is 53.9. The molecule has 1 aromatic heterocycles. The fourth-order valence-corrected chi connectivity index (χ4v) is 12.1. The van der Waals surface area contributed by atoms with Crippen LogP contribution in [-0.2, 0) is 25.7 Å². The van der Waals surface area contributed by atoms with Crippen molar-refractivity contribution in [1.29, 1.82) is 0 Å². The average molecular weight is 1080 g/mol. The molecule has 22 heteroatoms. The highest BCUT2D eigenvalue weighted by Gasteiger charge is 2.43. The fraction of sp³-hybridized carbons (Fsp3) is 0.463. The van der Waals surface area contributed by atoms with Crippen LogP contribution in [-0.4, -0.2) is 146 Å². The number of unbranched alkanes of at least 4 members (excludes halogenated alkanes) is 2. The largest absolute Gasteiger partial charge is 0.482 e. The standard InChI is InChI=1S/C54H62Cl2FN11O8/c1-30-25-66(53(74)33-13-15-34(16-14-33)59-51(72)42-24-44(50(58)63-62-42)76-32(3)48-39(55)17-18-40(57)49(48)56)26-31(2)68(30)47(71)12-5-7-22-65-28-35-23-36(65)27-64(35)21-6-4-11-45(69)60-41-10-8-9-37-38(41)29-67(54(37)75)43-19-20-46(70)61-52(43)73/h8-10,13-18,24,30-32,35-36,43H,4-7,11-12,19-23,25-29H2,1-3H3,(H2,58,63)(H,59,72)(H,60,69)(H,61,70,73)/t30-,31+,32-,35?,36?,43?/m1/s1. The maximum Gasteiger partial charge on any atom is 0.276 e. The van der Waals surface area contributed by atoms with Crippen LogP contribution in [0.1, 0.15) is 127 Å². The lowest BCUT2D eigenvalue weighted by Gasteiger charge is -2.44. The summed E-state index contributed by atoms with van der Waals surface area (Å²) < 4.78 is 20.1. The van der Waals surface area contributed by atoms with Crippen molar-refractivity contribution in [2.75, 3.05) is 55.6 Å². The van der Waals surface area contributed by atoms with Crippen LogP contribution in [0.5, 0.6) is 5.75 Å². The number of anilines is 3. The van der Waals surface area contributed by atoms with Gasteiger partial charge in [-0.15, -0.1) is 10.2 Å². The van der Waals surface area contributed by atoms with E-state index in [4.69, 9.17) is 33.7 Å². The van der Waals surface area contributed by atoms with Gasteiger partial charge in [0.25, 0.3) is 17.7 Å². The van der Waals surface area contributed by atoms with Gasteiger partial charge in [-0.05, 0) is 121 Å². The Morgan fingerprint density at radius 3 is 2.22 bits per heavy atom. The number of amides is 7. The number of fused-ring (bicyclic) bond motifs is 3. The Hall–Kier alpha value is -6.74. The number of imide groups is 1. The Kier molecular flexibility index (Phi) is 16.5. The minimum atomic E-state index is -0.853. The third-order valence-corrected chi connectivity index (χ3v) is 15.9. The maximum absolute atomic E-state index is 14.2. The number of rotatable bonds is 18. The molecule has 4 fully saturated rings. The molecule has 0 aliphatic carbocycles. The van der Waals surface area contributed by atoms with Gasteiger partial charge in [0, 0.05) is 121 Å². The first-order valence-electron chi connectivity index (χ1n) is 25.9. The number of benzene rings is 3. The van der Waals surface area contributed by atoms with Gasteiger partial charge in [-0.3, -0.25) is 48.7 Å². The normalized spacial score (nSPS) is 21.9. The second-order valence-electron chi connectivity index (χ2n) is 20.5. The number of nitrogens with two attached hydrogens (primary N) is 1. The zero-order valence-corrected chi connectivity index (χ0v) is 44.2. The first-order valence-corrected chi connectivity index (χ1v) is 26.7. The summed E-state index contributed by atoms with van der Waals surface area (Å²) in [4.78, 5) is 101. The van der Waals surface area contributed by atoms with E-state index in [0.29, 0.717) is 66.1 Å². The predicted molar refractivity (Wildman–Crippen MR) is 282 cm³/mol. The molecule has 4 aromatic rings. The SMILES string of the molecule is C[C@@H]1CN(C(=O)c2ccc(NC(=O)c3cc(O[C@H](C)c4c(Cl)ccc(F)c4Cl)c(N)nn3)cc2)C[C@H](C)N1C(=O)CCCCN1CC2CC1CN2CCCCC(=O)Nc1cccc2c1CN(C1CCC(=O)NC1=O)C2=O. The summed E-state index contributed by atoms with van der Waals surface area (Å²) in [6.07, 6.45) is 4.83. The minimum absolute atomic E-state index is 0.0155. The number of nitrogens with zero attached hydrogens (tertiary/aromatic N) is 7. The molecule has 5 N–H and O–H groups in total. The summed E-state index contributed by atoms with van der Waals surface area (Å²) in [6, 6.07) is 15.4. The quantitative estimate of drug-likeness (QED) is 0.0477. The molecule has 6 heterocycles. The molecule has 19 nitrogen and oxygen atoms in total. The summed E-state index contributed by atoms with van der Waals surface area (Å²) in [5.41, 5.74) is 8.63. The molecule has 6 atom stereocenters. The van der Waals surface area contributed by atoms with E-state index >= 15 is 0 Å². The molecule has 0 saturated carbocycles. The number of ether oxygens (including phenoxy) is 1. The number of piperazine rings is 2. The number of hydrogen-bond acceptors (Lipinski definition) is 13. The first-order chi connectivity index (χ1) is 36.4. The number of halogens is 3. The molecule has 5 aliphatic rings. The van der Waals surface area contributed by atoms with Crippen LogP contribution in [0.15, 0.2) is 60.7 Å². The van der Waals surface area contributed by atoms with Crippen LogP contribution in [0, 0.1) is 5.82 Å². The summed E-state index contributed by atoms with van der Waals surface area (Å²) in [5.74, 6) is -2.67. The van der Waals surface area contributed by atoms with Crippen molar-refractivity contribution in [3.8, 4) is 5.75 Å². The number of piperidine rings is 1. The van der Waals surface area contributed by atoms with E-state index in [2.05, 4.69) is 35.9 Å². The van der Waals surface area contributed by atoms with E-state index < -0.39 is 29.8 Å². The smallest absolute Gasteiger partial charge is 0.276 e. The molecule has 4 saturated heterocycles. The monoisotopic (exact) mass is 1080 g/mol. The molecule has 9 rings (SSSR count). The van der Waals surface area contributed by atoms with E-state index in [1.165, 1.54) is 17.0 Å². The van der Waals surface area contributed by atoms with Gasteiger partial charge in [0.15, 0.2) is 17.3 Å². The van der Waals surface area contributed by atoms with Crippen molar-refractivity contribution in [3.05, 3.63) is 104 Å². The zero-order valence-electron chi connectivity index (χ0n) is 42.7. The number of nitrogen functional groups attached to an aromatic ring is 1. The summed E-state index contributed by atoms with van der Waals surface area (Å²) >= 11 is 12.4. The van der Waals surface area contributed by atoms with Crippen molar-refractivity contribution < 1.29 is 42.7 Å². The van der Waals surface area contributed by atoms with Crippen LogP contribution >= 0.6 is 23.2 Å². The van der Waals surface area contributed by atoms with Crippen LogP contribution < -0.4 is 26.4 Å². The van der Waals surface area contributed by atoms with Gasteiger partial charge in [-0.1, -0.05) is 29.3 Å². The van der Waals surface area contributed by atoms with Crippen molar-refractivity contribution in [2.24, 2.45) is 0 Å². The van der Waals surface area contributed by atoms with Gasteiger partial charge < -0.3 is 35.8 Å². The molecule has 76 heavy (non-hydrogen) atoms. The molecule has 0 spiro atoms. The Balaban J connectivity index is 0.657. The second kappa shape index (κ2) is 23.2. The van der Waals surface area contributed by atoms with Gasteiger partial charge in [0.05, 0.1) is 5.02 Å². The van der Waals surface area contributed by atoms with E-state index in [1.807, 2.05) is 18.7 Å². The topological polar surface area (TPSA) is 233 Å². The molecule has 3 unspecified atom stereocenters. The Bertz CT molecular complexity index is 2920. The van der Waals surface area contributed by atoms with Crippen molar-refractivity contribution in [1.82, 2.24) is 40.0 Å². The molecule has 402 valence electrons. The molecule has 5 aliphatic heterocycles. The van der Waals surface area contributed by atoms with Crippen molar-refractivity contribution in [3.63, 3.8) is 0 Å². The molecular weight excluding hydrogens is 1020 g/mol. The molecule has 3 aromatic carbocycles. The average Bonchev–Trinajstić information content (AvgIpc) is 4.10. The predicted octanol–water partition coefficient (Wildman–Crippen LogP) is 6.46. The van der Waals surface area contributed by atoms with Crippen LogP contribution in [0.25, 0.3) is 0 Å². The minimum Gasteiger partial charge on any atom is -0.482 e. The Morgan fingerprint density at radius 2 is 1.55 bits per heavy atom. The highest BCUT2D eigenvalue weighted by atomic mass is 35.5. The molecular formula is C54H62Cl2FN11O8. The van der Waals surface area contributed by atoms with Crippen LogP contribution in [0.3, 0.4) is 0 Å². The summed E-state index contributed by atoms with van der Waals surface area (Å²) in [5, 5.41) is 15.8. The van der Waals surface area contributed by atoms with Gasteiger partial charge in [0.2, 0.25) is 23.6 Å². The first kappa shape index (κ1) is 54.1. The Morgan fingerprint density at radius 1 is 0.868 bits per heavy atom.